The number of anilines is 2. The van der Waals surface area contributed by atoms with Crippen molar-refractivity contribution in [2.24, 2.45) is 5.92 Å². The number of alkyl halides is 1. The monoisotopic (exact) mass is 648 g/mol. The van der Waals surface area contributed by atoms with E-state index in [0.29, 0.717) is 24.8 Å². The summed E-state index contributed by atoms with van der Waals surface area (Å²) < 4.78 is 52.3. The zero-order valence-corrected chi connectivity index (χ0v) is 26.1. The van der Waals surface area contributed by atoms with Crippen molar-refractivity contribution in [3.05, 3.63) is 82.3 Å². The van der Waals surface area contributed by atoms with E-state index < -0.39 is 35.5 Å². The molecule has 0 spiro atoms. The summed E-state index contributed by atoms with van der Waals surface area (Å²) in [5.74, 6) is -2.78. The average molecular weight is 649 g/mol. The van der Waals surface area contributed by atoms with Gasteiger partial charge in [0.25, 0.3) is 5.56 Å². The number of likely N-dealkylation sites (tertiary alicyclic amines) is 1. The van der Waals surface area contributed by atoms with Crippen LogP contribution in [0.5, 0.6) is 0 Å². The number of rotatable bonds is 8. The van der Waals surface area contributed by atoms with Crippen molar-refractivity contribution < 1.29 is 27.5 Å². The Hall–Kier alpha value is -4.94. The van der Waals surface area contributed by atoms with Crippen LogP contribution in [0.25, 0.3) is 22.2 Å². The van der Waals surface area contributed by atoms with Gasteiger partial charge in [-0.2, -0.15) is 4.98 Å². The summed E-state index contributed by atoms with van der Waals surface area (Å²) in [6.07, 6.45) is 0.785. The molecule has 2 saturated heterocycles. The first-order chi connectivity index (χ1) is 22.7. The Labute approximate surface area is 269 Å². The molecule has 0 bridgehead atoms. The lowest BCUT2D eigenvalue weighted by Gasteiger charge is -2.34. The SMILES string of the molecule is CCC1CCN(c2ccc(-c3cc4cnc(N[C@H]5C[C@H](F)CN(C(=O)OCc6ccccc6)C5)nc4n(CC)c3=O)c(F)c2F)C1=O. The number of benzene rings is 2. The molecule has 47 heavy (non-hydrogen) atoms. The predicted octanol–water partition coefficient (Wildman–Crippen LogP) is 5.68. The molecule has 1 N–H and O–H groups in total. The Morgan fingerprint density at radius 1 is 1.04 bits per heavy atom. The molecule has 0 saturated carbocycles. The van der Waals surface area contributed by atoms with Crippen LogP contribution in [0.1, 0.15) is 38.7 Å². The number of nitrogens with one attached hydrogen (secondary N) is 1. The molecule has 0 aliphatic carbocycles. The zero-order chi connectivity index (χ0) is 33.2. The fraction of sp³-hybridized carbons (Fsp3) is 0.382. The van der Waals surface area contributed by atoms with Crippen LogP contribution in [0.2, 0.25) is 0 Å². The van der Waals surface area contributed by atoms with Crippen LogP contribution < -0.4 is 15.8 Å². The summed E-state index contributed by atoms with van der Waals surface area (Å²) in [7, 11) is 0. The van der Waals surface area contributed by atoms with Crippen molar-refractivity contribution in [1.29, 1.82) is 0 Å². The Kier molecular flexibility index (Phi) is 9.15. The van der Waals surface area contributed by atoms with E-state index in [4.69, 9.17) is 4.74 Å². The van der Waals surface area contributed by atoms with Crippen LogP contribution >= 0.6 is 0 Å². The maximum Gasteiger partial charge on any atom is 0.410 e. The van der Waals surface area contributed by atoms with E-state index in [1.165, 1.54) is 38.8 Å². The first-order valence-electron chi connectivity index (χ1n) is 15.7. The third-order valence-electron chi connectivity index (χ3n) is 8.79. The number of nitrogens with zero attached hydrogens (tertiary/aromatic N) is 5. The Morgan fingerprint density at radius 2 is 1.83 bits per heavy atom. The van der Waals surface area contributed by atoms with Crippen LogP contribution in [-0.4, -0.2) is 63.3 Å². The molecular weight excluding hydrogens is 613 g/mol. The van der Waals surface area contributed by atoms with Crippen molar-refractivity contribution in [2.45, 2.75) is 58.5 Å². The van der Waals surface area contributed by atoms with Gasteiger partial charge in [-0.3, -0.25) is 14.2 Å². The first kappa shape index (κ1) is 32.0. The highest BCUT2D eigenvalue weighted by Crippen LogP contribution is 2.34. The summed E-state index contributed by atoms with van der Waals surface area (Å²) in [5.41, 5.74) is 0.000409. The molecule has 2 aliphatic heterocycles. The Morgan fingerprint density at radius 3 is 2.55 bits per heavy atom. The van der Waals surface area contributed by atoms with Gasteiger partial charge in [-0.05, 0) is 43.5 Å². The number of aryl methyl sites for hydroxylation is 1. The third-order valence-corrected chi connectivity index (χ3v) is 8.79. The molecule has 2 fully saturated rings. The normalized spacial score (nSPS) is 19.8. The molecule has 246 valence electrons. The number of aromatic nitrogens is 3. The quantitative estimate of drug-likeness (QED) is 0.262. The average Bonchev–Trinajstić information content (AvgIpc) is 3.44. The topological polar surface area (TPSA) is 110 Å². The van der Waals surface area contributed by atoms with Gasteiger partial charge in [0.15, 0.2) is 11.6 Å². The second-order valence-electron chi connectivity index (χ2n) is 11.8. The number of carbonyl (C=O) groups excluding carboxylic acids is 2. The van der Waals surface area contributed by atoms with E-state index in [-0.39, 0.29) is 72.9 Å². The number of hydrogen-bond donors (Lipinski definition) is 1. The summed E-state index contributed by atoms with van der Waals surface area (Å²) in [6, 6.07) is 12.7. The molecule has 10 nitrogen and oxygen atoms in total. The van der Waals surface area contributed by atoms with Crippen LogP contribution in [0.3, 0.4) is 0 Å². The number of carbonyl (C=O) groups is 2. The molecule has 2 amide bonds. The standard InChI is InChI=1S/C34H35F3N6O4/c1-3-21-12-13-43(31(21)44)27-11-10-25(28(36)29(27)37)26-14-22-16-38-33(40-30(22)42(4-2)32(26)45)39-24-15-23(35)17-41(18-24)34(46)47-19-20-8-6-5-7-9-20/h5-11,14,16,21,23-24H,3-4,12-13,15,17-19H2,1-2H3,(H,38,39,40)/t21?,23-,24-/m0/s1. The number of ether oxygens (including phenoxy) is 1. The van der Waals surface area contributed by atoms with Crippen LogP contribution in [0.4, 0.5) is 29.6 Å². The molecular formula is C34H35F3N6O4. The first-order valence-corrected chi connectivity index (χ1v) is 15.7. The van der Waals surface area contributed by atoms with Crippen molar-refractivity contribution in [2.75, 3.05) is 29.9 Å². The zero-order valence-electron chi connectivity index (χ0n) is 26.1. The minimum Gasteiger partial charge on any atom is -0.445 e. The smallest absolute Gasteiger partial charge is 0.410 e. The van der Waals surface area contributed by atoms with E-state index in [1.807, 2.05) is 37.3 Å². The largest absolute Gasteiger partial charge is 0.445 e. The number of amides is 2. The van der Waals surface area contributed by atoms with Crippen LogP contribution in [0, 0.1) is 17.6 Å². The summed E-state index contributed by atoms with van der Waals surface area (Å²) >= 11 is 0. The Balaban J connectivity index is 1.23. The van der Waals surface area contributed by atoms with Crippen molar-refractivity contribution in [1.82, 2.24) is 19.4 Å². The lowest BCUT2D eigenvalue weighted by atomic mass is 10.0. The fourth-order valence-corrected chi connectivity index (χ4v) is 6.31. The van der Waals surface area contributed by atoms with Gasteiger partial charge < -0.3 is 19.9 Å². The van der Waals surface area contributed by atoms with E-state index in [0.717, 1.165) is 5.56 Å². The summed E-state index contributed by atoms with van der Waals surface area (Å²) in [5, 5.41) is 3.47. The lowest BCUT2D eigenvalue weighted by molar-refractivity contribution is -0.120. The van der Waals surface area contributed by atoms with Gasteiger partial charge >= 0.3 is 6.09 Å². The maximum absolute atomic E-state index is 15.5. The number of halogens is 3. The van der Waals surface area contributed by atoms with Crippen molar-refractivity contribution >= 4 is 34.7 Å². The molecule has 2 aromatic heterocycles. The van der Waals surface area contributed by atoms with Gasteiger partial charge in [0.1, 0.15) is 18.4 Å². The van der Waals surface area contributed by atoms with Gasteiger partial charge in [0, 0.05) is 55.2 Å². The molecule has 4 aromatic rings. The van der Waals surface area contributed by atoms with E-state index in [9.17, 15) is 18.8 Å². The molecule has 6 rings (SSSR count). The van der Waals surface area contributed by atoms with Gasteiger partial charge in [0.2, 0.25) is 11.9 Å². The van der Waals surface area contributed by atoms with Gasteiger partial charge in [-0.25, -0.2) is 22.9 Å². The van der Waals surface area contributed by atoms with E-state index >= 15 is 8.78 Å². The molecule has 4 heterocycles. The highest BCUT2D eigenvalue weighted by atomic mass is 19.2. The van der Waals surface area contributed by atoms with Crippen molar-refractivity contribution in [3.8, 4) is 11.1 Å². The second-order valence-corrected chi connectivity index (χ2v) is 11.8. The predicted molar refractivity (Wildman–Crippen MR) is 171 cm³/mol. The fourth-order valence-electron chi connectivity index (χ4n) is 6.31. The van der Waals surface area contributed by atoms with Crippen molar-refractivity contribution in [3.63, 3.8) is 0 Å². The van der Waals surface area contributed by atoms with E-state index in [1.54, 1.807) is 6.92 Å². The summed E-state index contributed by atoms with van der Waals surface area (Å²) in [6.45, 7) is 4.17. The Bertz CT molecular complexity index is 1870. The molecule has 0 radical (unpaired) electrons. The van der Waals surface area contributed by atoms with Crippen LogP contribution in [-0.2, 0) is 22.7 Å². The molecule has 1 unspecified atom stereocenters. The van der Waals surface area contributed by atoms with Crippen LogP contribution in [0.15, 0.2) is 59.5 Å². The van der Waals surface area contributed by atoms with Gasteiger partial charge in [-0.1, -0.05) is 37.3 Å². The molecule has 2 aliphatic rings. The minimum absolute atomic E-state index is 0.0632. The minimum atomic E-state index is -1.30. The summed E-state index contributed by atoms with van der Waals surface area (Å²) in [4.78, 5) is 50.4. The third kappa shape index (κ3) is 6.38. The lowest BCUT2D eigenvalue weighted by Crippen LogP contribution is -2.50. The van der Waals surface area contributed by atoms with E-state index in [2.05, 4.69) is 15.3 Å². The maximum atomic E-state index is 15.5. The number of hydrogen-bond acceptors (Lipinski definition) is 7. The number of pyridine rings is 1. The molecule has 2 aromatic carbocycles. The molecule has 3 atom stereocenters. The molecule has 13 heteroatoms. The second kappa shape index (κ2) is 13.4. The number of fused-ring (bicyclic) bond motifs is 1. The number of piperidine rings is 1. The highest BCUT2D eigenvalue weighted by Gasteiger charge is 2.34. The van der Waals surface area contributed by atoms with Gasteiger partial charge in [-0.15, -0.1) is 0 Å². The highest BCUT2D eigenvalue weighted by molar-refractivity contribution is 5.97. The van der Waals surface area contributed by atoms with Gasteiger partial charge in [0.05, 0.1) is 17.8 Å².